The average Bonchev–Trinajstić information content (AvgIpc) is 2.73. The van der Waals surface area contributed by atoms with Crippen molar-refractivity contribution in [1.82, 2.24) is 4.90 Å². The molecule has 0 bridgehead atoms. The molecule has 0 saturated carbocycles. The molecule has 17 heavy (non-hydrogen) atoms. The quantitative estimate of drug-likeness (QED) is 0.879. The molecule has 2 atom stereocenters. The Labute approximate surface area is 106 Å². The van der Waals surface area contributed by atoms with Crippen molar-refractivity contribution in [1.29, 1.82) is 0 Å². The van der Waals surface area contributed by atoms with Crippen molar-refractivity contribution in [3.63, 3.8) is 0 Å². The Hall–Kier alpha value is -1.00. The molecule has 3 nitrogen and oxygen atoms in total. The number of likely N-dealkylation sites (tertiary alicyclic amines) is 1. The molecule has 2 unspecified atom stereocenters. The van der Waals surface area contributed by atoms with Gasteiger partial charge in [0, 0.05) is 25.0 Å². The molecule has 4 heteroatoms. The Morgan fingerprint density at radius 1 is 1.41 bits per heavy atom. The van der Waals surface area contributed by atoms with Crippen LogP contribution in [0.5, 0.6) is 0 Å². The predicted octanol–water partition coefficient (Wildman–Crippen LogP) is 1.30. The van der Waals surface area contributed by atoms with Crippen LogP contribution < -0.4 is 5.73 Å². The van der Waals surface area contributed by atoms with Crippen LogP contribution in [0.1, 0.15) is 11.5 Å². The van der Waals surface area contributed by atoms with E-state index in [0.29, 0.717) is 12.3 Å². The van der Waals surface area contributed by atoms with E-state index in [0.717, 1.165) is 6.54 Å². The third kappa shape index (κ3) is 2.82. The van der Waals surface area contributed by atoms with E-state index in [1.165, 1.54) is 5.56 Å². The van der Waals surface area contributed by atoms with Gasteiger partial charge in [-0.05, 0) is 11.8 Å². The van der Waals surface area contributed by atoms with Crippen LogP contribution >= 0.6 is 11.8 Å². The summed E-state index contributed by atoms with van der Waals surface area (Å²) in [5.41, 5.74) is 7.37. The van der Waals surface area contributed by atoms with E-state index in [9.17, 15) is 4.79 Å². The molecule has 1 saturated heterocycles. The number of nitrogens with zero attached hydrogens (tertiary/aromatic N) is 1. The number of rotatable bonds is 3. The summed E-state index contributed by atoms with van der Waals surface area (Å²) in [6.07, 6.45) is 1.95. The summed E-state index contributed by atoms with van der Waals surface area (Å²) < 4.78 is 0. The van der Waals surface area contributed by atoms with Gasteiger partial charge >= 0.3 is 0 Å². The van der Waals surface area contributed by atoms with Crippen LogP contribution in [0.2, 0.25) is 0 Å². The molecule has 92 valence electrons. The van der Waals surface area contributed by atoms with E-state index >= 15 is 0 Å². The number of benzene rings is 1. The van der Waals surface area contributed by atoms with Gasteiger partial charge in [0.15, 0.2) is 0 Å². The van der Waals surface area contributed by atoms with Crippen molar-refractivity contribution in [2.75, 3.05) is 25.1 Å². The minimum absolute atomic E-state index is 0.0585. The molecule has 0 aromatic heterocycles. The zero-order valence-corrected chi connectivity index (χ0v) is 10.8. The first-order valence-corrected chi connectivity index (χ1v) is 7.19. The highest BCUT2D eigenvalue weighted by Crippen LogP contribution is 2.26. The number of hydrogen-bond acceptors (Lipinski definition) is 3. The lowest BCUT2D eigenvalue weighted by molar-refractivity contribution is -0.127. The molecule has 1 aliphatic rings. The summed E-state index contributed by atoms with van der Waals surface area (Å²) in [5.74, 6) is 1.03. The van der Waals surface area contributed by atoms with Gasteiger partial charge in [-0.25, -0.2) is 0 Å². The lowest BCUT2D eigenvalue weighted by Gasteiger charge is -2.15. The molecule has 0 aliphatic carbocycles. The minimum atomic E-state index is 0.0585. The number of hydrogen-bond donors (Lipinski definition) is 1. The van der Waals surface area contributed by atoms with E-state index < -0.39 is 0 Å². The lowest BCUT2D eigenvalue weighted by atomic mass is 9.95. The van der Waals surface area contributed by atoms with Crippen LogP contribution in [0.4, 0.5) is 0 Å². The monoisotopic (exact) mass is 250 g/mol. The molecule has 1 heterocycles. The highest BCUT2D eigenvalue weighted by molar-refractivity contribution is 7.99. The van der Waals surface area contributed by atoms with Crippen LogP contribution in [-0.4, -0.2) is 41.9 Å². The maximum atomic E-state index is 11.8. The van der Waals surface area contributed by atoms with Crippen molar-refractivity contribution in [3.05, 3.63) is 35.9 Å². The van der Waals surface area contributed by atoms with Crippen molar-refractivity contribution < 1.29 is 4.79 Å². The van der Waals surface area contributed by atoms with Crippen molar-refractivity contribution in [2.45, 2.75) is 12.0 Å². The Morgan fingerprint density at radius 3 is 2.76 bits per heavy atom. The summed E-state index contributed by atoms with van der Waals surface area (Å²) in [7, 11) is 0. The first kappa shape index (κ1) is 12.5. The number of amides is 1. The standard InChI is InChI=1S/C13H18N2OS/c1-17-9-13(16)15-7-11(12(14)8-15)10-5-3-2-4-6-10/h2-6,11-12H,7-9,14H2,1H3. The van der Waals surface area contributed by atoms with Crippen molar-refractivity contribution in [3.8, 4) is 0 Å². The molecule has 1 aromatic carbocycles. The second-order valence-electron chi connectivity index (χ2n) is 4.41. The Bertz CT molecular complexity index is 382. The summed E-state index contributed by atoms with van der Waals surface area (Å²) in [6.45, 7) is 1.43. The van der Waals surface area contributed by atoms with E-state index in [1.807, 2.05) is 29.4 Å². The van der Waals surface area contributed by atoms with Gasteiger partial charge in [0.25, 0.3) is 0 Å². The van der Waals surface area contributed by atoms with Crippen LogP contribution in [0, 0.1) is 0 Å². The molecular weight excluding hydrogens is 232 g/mol. The summed E-state index contributed by atoms with van der Waals surface area (Å²) >= 11 is 1.56. The molecule has 2 N–H and O–H groups in total. The zero-order valence-electron chi connectivity index (χ0n) is 10.0. The predicted molar refractivity (Wildman–Crippen MR) is 72.1 cm³/mol. The lowest BCUT2D eigenvalue weighted by Crippen LogP contribution is -2.33. The van der Waals surface area contributed by atoms with Gasteiger partial charge in [-0.2, -0.15) is 11.8 Å². The Balaban J connectivity index is 2.05. The molecular formula is C13H18N2OS. The van der Waals surface area contributed by atoms with Gasteiger partial charge in [-0.1, -0.05) is 30.3 Å². The molecule has 2 rings (SSSR count). The summed E-state index contributed by atoms with van der Waals surface area (Å²) in [6, 6.07) is 10.3. The van der Waals surface area contributed by atoms with Gasteiger partial charge in [0.1, 0.15) is 0 Å². The van der Waals surface area contributed by atoms with Crippen LogP contribution in [0.3, 0.4) is 0 Å². The molecule has 0 radical (unpaired) electrons. The van der Waals surface area contributed by atoms with Gasteiger partial charge in [-0.15, -0.1) is 0 Å². The number of carbonyl (C=O) groups excluding carboxylic acids is 1. The van der Waals surface area contributed by atoms with Crippen LogP contribution in [0.15, 0.2) is 30.3 Å². The highest BCUT2D eigenvalue weighted by atomic mass is 32.2. The van der Waals surface area contributed by atoms with E-state index in [2.05, 4.69) is 12.1 Å². The normalized spacial score (nSPS) is 24.0. The van der Waals surface area contributed by atoms with Gasteiger partial charge in [-0.3, -0.25) is 4.79 Å². The smallest absolute Gasteiger partial charge is 0.232 e. The van der Waals surface area contributed by atoms with Crippen molar-refractivity contribution in [2.24, 2.45) is 5.73 Å². The Kier molecular flexibility index (Phi) is 4.07. The topological polar surface area (TPSA) is 46.3 Å². The largest absolute Gasteiger partial charge is 0.340 e. The Morgan fingerprint density at radius 2 is 2.12 bits per heavy atom. The fraction of sp³-hybridized carbons (Fsp3) is 0.462. The van der Waals surface area contributed by atoms with Crippen LogP contribution in [0.25, 0.3) is 0 Å². The fourth-order valence-electron chi connectivity index (χ4n) is 2.30. The zero-order chi connectivity index (χ0) is 12.3. The maximum absolute atomic E-state index is 11.8. The molecule has 1 aromatic rings. The first-order valence-electron chi connectivity index (χ1n) is 5.79. The third-order valence-electron chi connectivity index (χ3n) is 3.21. The van der Waals surface area contributed by atoms with E-state index in [-0.39, 0.29) is 17.9 Å². The van der Waals surface area contributed by atoms with Gasteiger partial charge in [0.2, 0.25) is 5.91 Å². The maximum Gasteiger partial charge on any atom is 0.232 e. The van der Waals surface area contributed by atoms with Gasteiger partial charge < -0.3 is 10.6 Å². The second-order valence-corrected chi connectivity index (χ2v) is 5.28. The molecule has 1 amide bonds. The van der Waals surface area contributed by atoms with Gasteiger partial charge in [0.05, 0.1) is 5.75 Å². The SMILES string of the molecule is CSCC(=O)N1CC(N)C(c2ccccc2)C1. The summed E-state index contributed by atoms with van der Waals surface area (Å²) in [5, 5.41) is 0. The number of carbonyl (C=O) groups is 1. The molecule has 0 spiro atoms. The average molecular weight is 250 g/mol. The third-order valence-corrected chi connectivity index (χ3v) is 3.75. The first-order chi connectivity index (χ1) is 8.22. The highest BCUT2D eigenvalue weighted by Gasteiger charge is 2.33. The summed E-state index contributed by atoms with van der Waals surface area (Å²) in [4.78, 5) is 13.7. The van der Waals surface area contributed by atoms with E-state index in [4.69, 9.17) is 5.73 Å². The second kappa shape index (κ2) is 5.56. The minimum Gasteiger partial charge on any atom is -0.340 e. The van der Waals surface area contributed by atoms with E-state index in [1.54, 1.807) is 11.8 Å². The van der Waals surface area contributed by atoms with Crippen molar-refractivity contribution >= 4 is 17.7 Å². The molecule has 1 fully saturated rings. The fourth-order valence-corrected chi connectivity index (χ4v) is 2.73. The molecule has 1 aliphatic heterocycles. The number of thioether (sulfide) groups is 1. The van der Waals surface area contributed by atoms with Crippen LogP contribution in [-0.2, 0) is 4.79 Å². The number of nitrogens with two attached hydrogens (primary N) is 1.